The summed E-state index contributed by atoms with van der Waals surface area (Å²) in [5, 5.41) is 19.1. The number of nitrogens with one attached hydrogen (secondary N) is 1. The number of ether oxygens (including phenoxy) is 1. The van der Waals surface area contributed by atoms with Crippen LogP contribution in [0.15, 0.2) is 89.8 Å². The van der Waals surface area contributed by atoms with Crippen molar-refractivity contribution in [2.45, 2.75) is 30.3 Å². The highest BCUT2D eigenvalue weighted by Gasteiger charge is 2.13. The Balaban J connectivity index is 1.53. The molecule has 7 nitrogen and oxygen atoms in total. The molecule has 0 aliphatic rings. The van der Waals surface area contributed by atoms with Crippen molar-refractivity contribution >= 4 is 27.8 Å². The Morgan fingerprint density at radius 1 is 1.00 bits per heavy atom. The third-order valence-corrected chi connectivity index (χ3v) is 6.32. The maximum atomic E-state index is 12.5. The van der Waals surface area contributed by atoms with Crippen molar-refractivity contribution in [2.24, 2.45) is 0 Å². The van der Waals surface area contributed by atoms with Gasteiger partial charge in [-0.25, -0.2) is 8.42 Å². The number of hydrogen-bond acceptors (Lipinski definition) is 5. The number of aliphatic carboxylic acids is 1. The van der Waals surface area contributed by atoms with Crippen LogP contribution in [0.3, 0.4) is 0 Å². The van der Waals surface area contributed by atoms with E-state index in [2.05, 4.69) is 4.72 Å². The molecular weight excluding hydrogens is 454 g/mol. The van der Waals surface area contributed by atoms with Gasteiger partial charge in [-0.3, -0.25) is 9.52 Å². The van der Waals surface area contributed by atoms with Crippen LogP contribution in [0.5, 0.6) is 5.75 Å². The molecule has 3 aromatic carbocycles. The molecular formula is C26H27NO6S. The minimum Gasteiger partial charge on any atom is -0.491 e. The topological polar surface area (TPSA) is 113 Å². The number of carboxylic acids is 1. The summed E-state index contributed by atoms with van der Waals surface area (Å²) in [5.41, 5.74) is 2.00. The van der Waals surface area contributed by atoms with Gasteiger partial charge in [0.2, 0.25) is 0 Å². The maximum absolute atomic E-state index is 12.5. The Kier molecular flexibility index (Phi) is 8.84. The van der Waals surface area contributed by atoms with E-state index in [4.69, 9.17) is 9.84 Å². The van der Waals surface area contributed by atoms with Gasteiger partial charge in [-0.2, -0.15) is 0 Å². The number of aliphatic hydroxyl groups excluding tert-OH is 1. The number of rotatable bonds is 12. The fourth-order valence-corrected chi connectivity index (χ4v) is 4.30. The summed E-state index contributed by atoms with van der Waals surface area (Å²) in [6, 6.07) is 22.3. The van der Waals surface area contributed by atoms with Gasteiger partial charge in [0.15, 0.2) is 0 Å². The van der Waals surface area contributed by atoms with Crippen molar-refractivity contribution < 1.29 is 28.2 Å². The molecule has 0 aromatic heterocycles. The van der Waals surface area contributed by atoms with E-state index < -0.39 is 22.1 Å². The molecule has 0 fully saturated rings. The summed E-state index contributed by atoms with van der Waals surface area (Å²) in [6.45, 7) is 0.0609. The lowest BCUT2D eigenvalue weighted by Gasteiger charge is -2.13. The quantitative estimate of drug-likeness (QED) is 0.355. The highest BCUT2D eigenvalue weighted by Crippen LogP contribution is 2.21. The smallest absolute Gasteiger partial charge is 0.303 e. The summed E-state index contributed by atoms with van der Waals surface area (Å²) in [5.74, 6) is -0.318. The molecule has 0 saturated carbocycles. The third kappa shape index (κ3) is 7.75. The molecule has 3 aromatic rings. The fraction of sp³-hybridized carbons (Fsp3) is 0.192. The Morgan fingerprint density at radius 3 is 2.50 bits per heavy atom. The van der Waals surface area contributed by atoms with Crippen molar-refractivity contribution in [3.63, 3.8) is 0 Å². The van der Waals surface area contributed by atoms with E-state index in [1.807, 2.05) is 18.2 Å². The second kappa shape index (κ2) is 12.0. The lowest BCUT2D eigenvalue weighted by molar-refractivity contribution is -0.136. The lowest BCUT2D eigenvalue weighted by Crippen LogP contribution is -2.17. The zero-order valence-electron chi connectivity index (χ0n) is 18.5. The number of aliphatic hydroxyl groups is 1. The average molecular weight is 482 g/mol. The number of benzene rings is 3. The largest absolute Gasteiger partial charge is 0.491 e. The molecule has 34 heavy (non-hydrogen) atoms. The molecule has 0 unspecified atom stereocenters. The molecule has 0 spiro atoms. The van der Waals surface area contributed by atoms with E-state index in [1.54, 1.807) is 60.7 Å². The predicted molar refractivity (Wildman–Crippen MR) is 131 cm³/mol. The second-order valence-corrected chi connectivity index (χ2v) is 9.33. The number of para-hydroxylation sites is 1. The molecule has 3 N–H and O–H groups in total. The normalized spacial score (nSPS) is 12.4. The molecule has 0 amide bonds. The highest BCUT2D eigenvalue weighted by atomic mass is 32.2. The number of aryl methyl sites for hydroxylation is 1. The van der Waals surface area contributed by atoms with Crippen LogP contribution in [0.2, 0.25) is 0 Å². The van der Waals surface area contributed by atoms with E-state index in [9.17, 15) is 18.3 Å². The minimum absolute atomic E-state index is 0.00619. The zero-order valence-corrected chi connectivity index (χ0v) is 19.3. The van der Waals surface area contributed by atoms with E-state index in [0.29, 0.717) is 24.3 Å². The molecule has 0 bridgehead atoms. The van der Waals surface area contributed by atoms with E-state index in [-0.39, 0.29) is 17.9 Å². The Morgan fingerprint density at radius 2 is 1.74 bits per heavy atom. The van der Waals surface area contributed by atoms with Crippen molar-refractivity contribution in [3.8, 4) is 5.75 Å². The fourth-order valence-electron chi connectivity index (χ4n) is 3.23. The first-order valence-electron chi connectivity index (χ1n) is 10.8. The molecule has 8 heteroatoms. The van der Waals surface area contributed by atoms with Crippen molar-refractivity contribution in [3.05, 3.63) is 96.1 Å². The van der Waals surface area contributed by atoms with Crippen LogP contribution in [-0.2, 0) is 21.2 Å². The summed E-state index contributed by atoms with van der Waals surface area (Å²) >= 11 is 0. The van der Waals surface area contributed by atoms with Crippen LogP contribution >= 0.6 is 0 Å². The van der Waals surface area contributed by atoms with Crippen molar-refractivity contribution in [1.29, 1.82) is 0 Å². The molecule has 1 atom stereocenters. The molecule has 0 radical (unpaired) electrons. The first-order chi connectivity index (χ1) is 16.3. The van der Waals surface area contributed by atoms with Crippen LogP contribution in [0.1, 0.15) is 24.0 Å². The predicted octanol–water partition coefficient (Wildman–Crippen LogP) is 4.35. The van der Waals surface area contributed by atoms with Crippen LogP contribution in [0, 0.1) is 0 Å². The Labute approximate surface area is 199 Å². The van der Waals surface area contributed by atoms with Gasteiger partial charge < -0.3 is 14.9 Å². The first-order valence-corrected chi connectivity index (χ1v) is 12.3. The SMILES string of the molecule is O=C(O)CCc1ccccc1OC[C@@H](O)C/C=C/c1cccc(NS(=O)(=O)c2ccccc2)c1. The average Bonchev–Trinajstić information content (AvgIpc) is 2.82. The molecule has 0 aliphatic heterocycles. The summed E-state index contributed by atoms with van der Waals surface area (Å²) < 4.78 is 33.3. The number of carbonyl (C=O) groups is 1. The van der Waals surface area contributed by atoms with Crippen molar-refractivity contribution in [2.75, 3.05) is 11.3 Å². The maximum Gasteiger partial charge on any atom is 0.303 e. The summed E-state index contributed by atoms with van der Waals surface area (Å²) in [7, 11) is -3.67. The first kappa shape index (κ1) is 25.0. The van der Waals surface area contributed by atoms with Gasteiger partial charge in [0.25, 0.3) is 10.0 Å². The number of hydrogen-bond donors (Lipinski definition) is 3. The molecule has 0 saturated heterocycles. The van der Waals surface area contributed by atoms with E-state index in [1.165, 1.54) is 12.1 Å². The molecule has 3 rings (SSSR count). The van der Waals surface area contributed by atoms with Gasteiger partial charge >= 0.3 is 5.97 Å². The minimum atomic E-state index is -3.67. The summed E-state index contributed by atoms with van der Waals surface area (Å²) in [4.78, 5) is 11.0. The Hall–Kier alpha value is -3.62. The standard InChI is InChI=1S/C26H27NO6S/c28-23(19-33-25-15-5-4-10-21(25)16-17-26(29)30)12-7-9-20-8-6-11-22(18-20)27-34(31,32)24-13-2-1-3-14-24/h1-11,13-15,18,23,27-28H,12,16-17,19H2,(H,29,30)/b9-7+/t23-/m0/s1. The van der Waals surface area contributed by atoms with Gasteiger partial charge in [-0.1, -0.05) is 60.7 Å². The molecule has 178 valence electrons. The third-order valence-electron chi connectivity index (χ3n) is 4.92. The number of sulfonamides is 1. The van der Waals surface area contributed by atoms with E-state index in [0.717, 1.165) is 11.1 Å². The molecule has 0 aliphatic carbocycles. The molecule has 0 heterocycles. The van der Waals surface area contributed by atoms with Crippen LogP contribution in [0.4, 0.5) is 5.69 Å². The number of carboxylic acid groups (broad SMARTS) is 1. The second-order valence-electron chi connectivity index (χ2n) is 7.65. The zero-order chi connectivity index (χ0) is 24.4. The number of anilines is 1. The highest BCUT2D eigenvalue weighted by molar-refractivity contribution is 7.92. The monoisotopic (exact) mass is 481 g/mol. The lowest BCUT2D eigenvalue weighted by atomic mass is 10.1. The van der Waals surface area contributed by atoms with Gasteiger partial charge in [0.1, 0.15) is 12.4 Å². The van der Waals surface area contributed by atoms with Crippen LogP contribution < -0.4 is 9.46 Å². The van der Waals surface area contributed by atoms with Gasteiger partial charge in [-0.05, 0) is 54.3 Å². The van der Waals surface area contributed by atoms with Gasteiger partial charge in [0.05, 0.1) is 11.0 Å². The van der Waals surface area contributed by atoms with Crippen LogP contribution in [0.25, 0.3) is 6.08 Å². The van der Waals surface area contributed by atoms with Gasteiger partial charge in [-0.15, -0.1) is 0 Å². The van der Waals surface area contributed by atoms with Gasteiger partial charge in [0, 0.05) is 12.1 Å². The van der Waals surface area contributed by atoms with Crippen LogP contribution in [-0.4, -0.2) is 37.3 Å². The van der Waals surface area contributed by atoms with Crippen molar-refractivity contribution in [1.82, 2.24) is 0 Å². The Bertz CT molecular complexity index is 1220. The summed E-state index contributed by atoms with van der Waals surface area (Å²) in [6.07, 6.45) is 3.51. The van der Waals surface area contributed by atoms with E-state index >= 15 is 0 Å².